The molecule has 0 radical (unpaired) electrons. The summed E-state index contributed by atoms with van der Waals surface area (Å²) >= 11 is 0. The normalized spacial score (nSPS) is 12.3. The van der Waals surface area contributed by atoms with E-state index in [2.05, 4.69) is 76.7 Å². The van der Waals surface area contributed by atoms with Crippen molar-refractivity contribution in [2.75, 3.05) is 35.5 Å². The summed E-state index contributed by atoms with van der Waals surface area (Å²) < 4.78 is 29.0. The van der Waals surface area contributed by atoms with Crippen LogP contribution in [0.2, 0.25) is 0 Å². The Hall–Kier alpha value is -7.52. The molecule has 284 valence electrons. The maximum absolute atomic E-state index is 6.05. The fourth-order valence-corrected chi connectivity index (χ4v) is 8.35. The van der Waals surface area contributed by atoms with Gasteiger partial charge in [0, 0.05) is 61.5 Å². The molecule has 5 heterocycles. The third-order valence-electron chi connectivity index (χ3n) is 11.0. The van der Waals surface area contributed by atoms with Gasteiger partial charge >= 0.3 is 0 Å². The number of ether oxygens (including phenoxy) is 5. The maximum atomic E-state index is 6.05. The maximum Gasteiger partial charge on any atom is 0.132 e. The topological polar surface area (TPSA) is 103 Å². The second kappa shape index (κ2) is 13.9. The van der Waals surface area contributed by atoms with Gasteiger partial charge in [-0.2, -0.15) is 0 Å². The second-order valence-electron chi connectivity index (χ2n) is 14.1. The van der Waals surface area contributed by atoms with Gasteiger partial charge in [-0.3, -0.25) is 0 Å². The third kappa shape index (κ3) is 5.62. The first-order chi connectivity index (χ1) is 28.5. The minimum Gasteiger partial charge on any atom is -0.497 e. The van der Waals surface area contributed by atoms with Crippen LogP contribution in [0.4, 0.5) is 5.69 Å². The third-order valence-corrected chi connectivity index (χ3v) is 11.0. The van der Waals surface area contributed by atoms with Crippen LogP contribution in [-0.2, 0) is 0 Å². The highest BCUT2D eigenvalue weighted by Gasteiger charge is 2.34. The minimum absolute atomic E-state index is 0.677. The Labute approximate surface area is 334 Å². The van der Waals surface area contributed by atoms with Crippen molar-refractivity contribution in [1.29, 1.82) is 0 Å². The number of rotatable bonds is 8. The molecule has 10 rings (SSSR count). The first-order valence-corrected chi connectivity index (χ1v) is 18.9. The quantitative estimate of drug-likeness (QED) is 0.160. The molecule has 58 heavy (non-hydrogen) atoms. The number of hydrogen-bond donors (Lipinski definition) is 2. The van der Waals surface area contributed by atoms with E-state index < -0.39 is 0 Å². The van der Waals surface area contributed by atoms with Crippen molar-refractivity contribution in [3.63, 3.8) is 0 Å². The molecule has 3 aromatic heterocycles. The number of H-pyrrole nitrogens is 2. The van der Waals surface area contributed by atoms with Gasteiger partial charge in [-0.25, -0.2) is 9.98 Å². The van der Waals surface area contributed by atoms with Crippen molar-refractivity contribution in [2.45, 2.75) is 0 Å². The van der Waals surface area contributed by atoms with Crippen LogP contribution in [-0.4, -0.2) is 56.2 Å². The smallest absolute Gasteiger partial charge is 0.132 e. The second-order valence-corrected chi connectivity index (χ2v) is 14.1. The minimum atomic E-state index is 0.677. The molecular weight excluding hydrogens is 725 g/mol. The first-order valence-electron chi connectivity index (χ1n) is 18.9. The first kappa shape index (κ1) is 34.9. The van der Waals surface area contributed by atoms with Gasteiger partial charge in [0.2, 0.25) is 0 Å². The highest BCUT2D eigenvalue weighted by molar-refractivity contribution is 6.30. The molecule has 2 aliphatic heterocycles. The zero-order chi connectivity index (χ0) is 39.5. The van der Waals surface area contributed by atoms with Crippen molar-refractivity contribution in [2.24, 2.45) is 4.99 Å². The van der Waals surface area contributed by atoms with Crippen molar-refractivity contribution in [3.8, 4) is 73.3 Å². The van der Waals surface area contributed by atoms with Gasteiger partial charge in [-0.15, -0.1) is 0 Å². The van der Waals surface area contributed by atoms with Gasteiger partial charge in [0.25, 0.3) is 0 Å². The van der Waals surface area contributed by atoms with Gasteiger partial charge in [0.15, 0.2) is 0 Å². The van der Waals surface area contributed by atoms with Crippen LogP contribution in [0.15, 0.2) is 120 Å². The van der Waals surface area contributed by atoms with Crippen LogP contribution in [0.1, 0.15) is 22.5 Å². The van der Waals surface area contributed by atoms with E-state index in [9.17, 15) is 0 Å². The molecule has 7 aromatic rings. The van der Waals surface area contributed by atoms with Crippen LogP contribution < -0.4 is 23.7 Å². The number of fused-ring (bicyclic) bond motifs is 11. The van der Waals surface area contributed by atoms with E-state index in [0.29, 0.717) is 11.5 Å². The van der Waals surface area contributed by atoms with Gasteiger partial charge < -0.3 is 33.7 Å². The monoisotopic (exact) mass is 762 g/mol. The van der Waals surface area contributed by atoms with E-state index >= 15 is 0 Å². The Bertz CT molecular complexity index is 3060. The summed E-state index contributed by atoms with van der Waals surface area (Å²) in [5.74, 6) is 3.61. The Morgan fingerprint density at radius 2 is 0.897 bits per heavy atom. The molecule has 0 saturated carbocycles. The van der Waals surface area contributed by atoms with Crippen molar-refractivity contribution < 1.29 is 23.7 Å². The number of nitrogens with one attached hydrogen (secondary N) is 2. The highest BCUT2D eigenvalue weighted by Crippen LogP contribution is 2.50. The lowest BCUT2D eigenvalue weighted by Gasteiger charge is -2.11. The number of nitrogens with zero attached hydrogens (tertiary/aromatic N) is 2. The zero-order valence-corrected chi connectivity index (χ0v) is 32.6. The summed E-state index contributed by atoms with van der Waals surface area (Å²) in [6.07, 6.45) is 4.16. The molecule has 4 aromatic carbocycles. The molecule has 0 amide bonds. The van der Waals surface area contributed by atoms with E-state index in [4.69, 9.17) is 33.7 Å². The lowest BCUT2D eigenvalue weighted by Crippen LogP contribution is -1.99. The number of aliphatic imine (C=N–C) groups is 1. The molecule has 0 atom stereocenters. The average Bonchev–Trinajstić information content (AvgIpc) is 4.12. The number of aromatic amines is 2. The SMILES string of the molecule is COc1cccc(-c2c3cc4c(c5ccc([nH]5)c(-c5cccc(OC)c5)c5nc(c(-c6cccc(OC)c6)c6ccc2[nH]6)C=C5)-c2cc(OC)cc(OC)c2C4=N3)c1. The standard InChI is InChI=1S/C49H38N4O5/c1-54-30-12-6-9-27(21-30)44-36-15-16-37(50-36)45(28-10-7-13-31(22-28)55-2)39-19-20-41(52-39)47-34-24-33(57-4)25-43(58-5)48(34)49-35(47)26-42(53-49)46(40-18-17-38(44)51-40)29-11-8-14-32(23-29)56-3/h6-26,51-52H,1-5H3. The Kier molecular flexibility index (Phi) is 8.37. The molecule has 0 saturated heterocycles. The molecule has 1 aliphatic carbocycles. The summed E-state index contributed by atoms with van der Waals surface area (Å²) in [6.45, 7) is 0. The Morgan fingerprint density at radius 3 is 1.40 bits per heavy atom. The van der Waals surface area contributed by atoms with E-state index in [0.717, 1.165) is 118 Å². The molecular formula is C49H38N4O5. The molecule has 0 unspecified atom stereocenters. The zero-order valence-electron chi connectivity index (χ0n) is 32.6. The number of aromatic nitrogens is 3. The lowest BCUT2D eigenvalue weighted by molar-refractivity contribution is 0.394. The molecule has 9 heteroatoms. The van der Waals surface area contributed by atoms with Crippen LogP contribution in [0.5, 0.6) is 28.7 Å². The molecule has 8 bridgehead atoms. The van der Waals surface area contributed by atoms with E-state index in [1.807, 2.05) is 60.7 Å². The number of hydrogen-bond acceptors (Lipinski definition) is 7. The summed E-state index contributed by atoms with van der Waals surface area (Å²) in [5.41, 5.74) is 16.3. The molecule has 0 fully saturated rings. The number of methoxy groups -OCH3 is 5. The average molecular weight is 763 g/mol. The largest absolute Gasteiger partial charge is 0.497 e. The Balaban J connectivity index is 1.41. The van der Waals surface area contributed by atoms with Crippen molar-refractivity contribution in [1.82, 2.24) is 15.0 Å². The molecule has 9 nitrogen and oxygen atoms in total. The van der Waals surface area contributed by atoms with Crippen LogP contribution >= 0.6 is 0 Å². The van der Waals surface area contributed by atoms with Crippen molar-refractivity contribution >= 4 is 45.6 Å². The van der Waals surface area contributed by atoms with Crippen LogP contribution in [0.3, 0.4) is 0 Å². The predicted octanol–water partition coefficient (Wildman–Crippen LogP) is 11.3. The van der Waals surface area contributed by atoms with Gasteiger partial charge in [0.1, 0.15) is 28.7 Å². The van der Waals surface area contributed by atoms with Crippen molar-refractivity contribution in [3.05, 3.63) is 138 Å². The highest BCUT2D eigenvalue weighted by atomic mass is 16.5. The fourth-order valence-electron chi connectivity index (χ4n) is 8.35. The summed E-state index contributed by atoms with van der Waals surface area (Å²) in [7, 11) is 8.40. The summed E-state index contributed by atoms with van der Waals surface area (Å²) in [4.78, 5) is 18.5. The Morgan fingerprint density at radius 1 is 0.414 bits per heavy atom. The lowest BCUT2D eigenvalue weighted by atomic mass is 10.0. The van der Waals surface area contributed by atoms with E-state index in [1.54, 1.807) is 35.5 Å². The molecule has 0 spiro atoms. The van der Waals surface area contributed by atoms with E-state index in [-0.39, 0.29) is 0 Å². The van der Waals surface area contributed by atoms with E-state index in [1.165, 1.54) is 0 Å². The van der Waals surface area contributed by atoms with Gasteiger partial charge in [-0.1, -0.05) is 36.4 Å². The summed E-state index contributed by atoms with van der Waals surface area (Å²) in [5, 5.41) is 0. The molecule has 3 aliphatic rings. The van der Waals surface area contributed by atoms with Gasteiger partial charge in [-0.05, 0) is 102 Å². The van der Waals surface area contributed by atoms with Gasteiger partial charge in [0.05, 0.1) is 63.9 Å². The van der Waals surface area contributed by atoms with Crippen LogP contribution in [0, 0.1) is 0 Å². The van der Waals surface area contributed by atoms with Crippen LogP contribution in [0.25, 0.3) is 78.7 Å². The predicted molar refractivity (Wildman–Crippen MR) is 232 cm³/mol. The summed E-state index contributed by atoms with van der Waals surface area (Å²) in [6, 6.07) is 38.9. The molecule has 2 N–H and O–H groups in total. The number of benzene rings is 4. The fraction of sp³-hybridized carbons (Fsp3) is 0.102.